The van der Waals surface area contributed by atoms with E-state index in [4.69, 9.17) is 9.47 Å². The lowest BCUT2D eigenvalue weighted by Gasteiger charge is -2.37. The molecule has 0 fully saturated rings. The molecule has 0 saturated carbocycles. The van der Waals surface area contributed by atoms with E-state index in [0.717, 1.165) is 34.4 Å². The average molecular weight is 629 g/mol. The number of hydrogen-bond donors (Lipinski definition) is 2. The van der Waals surface area contributed by atoms with E-state index < -0.39 is 47.3 Å². The molecule has 0 aromatic heterocycles. The second kappa shape index (κ2) is 13.4. The highest BCUT2D eigenvalue weighted by atomic mass is 19.2. The van der Waals surface area contributed by atoms with E-state index in [2.05, 4.69) is 5.32 Å². The van der Waals surface area contributed by atoms with Crippen molar-refractivity contribution in [2.24, 2.45) is 0 Å². The Kier molecular flexibility index (Phi) is 9.36. The lowest BCUT2D eigenvalue weighted by molar-refractivity contribution is -0.142. The molecule has 8 nitrogen and oxygen atoms in total. The van der Waals surface area contributed by atoms with E-state index in [1.54, 1.807) is 39.0 Å². The van der Waals surface area contributed by atoms with Crippen molar-refractivity contribution in [3.8, 4) is 22.6 Å². The SMILES string of the molecule is CC(C)(C)OC(=O)N1Cc2cc(Oc3ccc(F)c(F)c3)ccc2C[C@H]1C(=O)N[C@@H](Cc1ccc(-c2ccccc2)cc1)C(=O)O. The number of hydrogen-bond acceptors (Lipinski definition) is 5. The molecule has 238 valence electrons. The highest BCUT2D eigenvalue weighted by molar-refractivity contribution is 5.90. The molecule has 2 atom stereocenters. The molecule has 1 aliphatic heterocycles. The summed E-state index contributed by atoms with van der Waals surface area (Å²) in [6.07, 6.45) is -0.616. The zero-order valence-corrected chi connectivity index (χ0v) is 25.6. The summed E-state index contributed by atoms with van der Waals surface area (Å²) in [5.74, 6) is -3.48. The number of amides is 2. The Bertz CT molecular complexity index is 1740. The van der Waals surface area contributed by atoms with Gasteiger partial charge in [-0.05, 0) is 72.9 Å². The number of rotatable bonds is 8. The molecule has 0 spiro atoms. The molecule has 0 bridgehead atoms. The molecule has 0 aliphatic carbocycles. The van der Waals surface area contributed by atoms with Crippen LogP contribution < -0.4 is 10.1 Å². The Labute approximate surface area is 265 Å². The van der Waals surface area contributed by atoms with E-state index in [1.807, 2.05) is 54.6 Å². The quantitative estimate of drug-likeness (QED) is 0.220. The zero-order chi connectivity index (χ0) is 33.0. The molecule has 2 amide bonds. The maximum atomic E-state index is 13.7. The highest BCUT2D eigenvalue weighted by Crippen LogP contribution is 2.31. The number of carbonyl (C=O) groups is 3. The van der Waals surface area contributed by atoms with E-state index in [0.29, 0.717) is 11.3 Å². The van der Waals surface area contributed by atoms with Gasteiger partial charge in [0, 0.05) is 18.9 Å². The standard InChI is InChI=1S/C36H34F2N2O6/c1-36(2,3)46-35(44)40-21-26-18-27(45-28-15-16-29(37)30(38)20-28)14-13-25(26)19-32(40)33(41)39-31(34(42)43)17-22-9-11-24(12-10-22)23-7-5-4-6-8-23/h4-16,18,20,31-32H,17,19,21H2,1-3H3,(H,39,41)(H,42,43)/t31-,32-/m0/s1. The Morgan fingerprint density at radius 3 is 2.17 bits per heavy atom. The van der Waals surface area contributed by atoms with Crippen molar-refractivity contribution < 1.29 is 37.7 Å². The molecular weight excluding hydrogens is 594 g/mol. The summed E-state index contributed by atoms with van der Waals surface area (Å²) in [7, 11) is 0. The van der Waals surface area contributed by atoms with Crippen LogP contribution in [0, 0.1) is 11.6 Å². The fourth-order valence-corrected chi connectivity index (χ4v) is 5.21. The van der Waals surface area contributed by atoms with Crippen LogP contribution in [0.15, 0.2) is 91.0 Å². The molecule has 2 N–H and O–H groups in total. The maximum absolute atomic E-state index is 13.7. The normalized spacial score (nSPS) is 15.0. The van der Waals surface area contributed by atoms with Crippen LogP contribution in [0.3, 0.4) is 0 Å². The number of ether oxygens (including phenoxy) is 2. The predicted octanol–water partition coefficient (Wildman–Crippen LogP) is 6.90. The van der Waals surface area contributed by atoms with Gasteiger partial charge in [0.2, 0.25) is 5.91 Å². The third-order valence-electron chi connectivity index (χ3n) is 7.48. The first-order chi connectivity index (χ1) is 21.9. The van der Waals surface area contributed by atoms with Gasteiger partial charge >= 0.3 is 12.1 Å². The average Bonchev–Trinajstić information content (AvgIpc) is 3.01. The number of fused-ring (bicyclic) bond motifs is 1. The van der Waals surface area contributed by atoms with Crippen LogP contribution >= 0.6 is 0 Å². The van der Waals surface area contributed by atoms with Crippen molar-refractivity contribution in [3.05, 3.63) is 119 Å². The number of carboxylic acids is 1. The minimum Gasteiger partial charge on any atom is -0.480 e. The summed E-state index contributed by atoms with van der Waals surface area (Å²) in [5.41, 5.74) is 3.27. The van der Waals surface area contributed by atoms with Gasteiger partial charge in [0.15, 0.2) is 11.6 Å². The second-order valence-corrected chi connectivity index (χ2v) is 12.1. The van der Waals surface area contributed by atoms with Gasteiger partial charge in [-0.2, -0.15) is 0 Å². The highest BCUT2D eigenvalue weighted by Gasteiger charge is 2.38. The molecule has 46 heavy (non-hydrogen) atoms. The van der Waals surface area contributed by atoms with Crippen LogP contribution in [0.4, 0.5) is 13.6 Å². The summed E-state index contributed by atoms with van der Waals surface area (Å²) in [4.78, 5) is 40.6. The van der Waals surface area contributed by atoms with Gasteiger partial charge in [-0.15, -0.1) is 0 Å². The minimum atomic E-state index is -1.25. The zero-order valence-electron chi connectivity index (χ0n) is 25.6. The third-order valence-corrected chi connectivity index (χ3v) is 7.48. The smallest absolute Gasteiger partial charge is 0.411 e. The van der Waals surface area contributed by atoms with Crippen LogP contribution in [0.1, 0.15) is 37.5 Å². The van der Waals surface area contributed by atoms with Gasteiger partial charge < -0.3 is 19.9 Å². The van der Waals surface area contributed by atoms with Gasteiger partial charge in [0.1, 0.15) is 29.2 Å². The molecule has 1 heterocycles. The number of halogens is 2. The molecule has 1 aliphatic rings. The van der Waals surface area contributed by atoms with Crippen molar-refractivity contribution in [1.82, 2.24) is 10.2 Å². The van der Waals surface area contributed by atoms with Crippen molar-refractivity contribution in [3.63, 3.8) is 0 Å². The van der Waals surface area contributed by atoms with E-state index >= 15 is 0 Å². The second-order valence-electron chi connectivity index (χ2n) is 12.1. The molecule has 0 radical (unpaired) electrons. The molecule has 0 unspecified atom stereocenters. The Hall–Kier alpha value is -5.25. The summed E-state index contributed by atoms with van der Waals surface area (Å²) in [6.45, 7) is 5.08. The van der Waals surface area contributed by atoms with E-state index in [1.165, 1.54) is 11.0 Å². The minimum absolute atomic E-state index is 0.0317. The lowest BCUT2D eigenvalue weighted by atomic mass is 9.93. The van der Waals surface area contributed by atoms with Gasteiger partial charge in [-0.1, -0.05) is 60.7 Å². The van der Waals surface area contributed by atoms with Crippen molar-refractivity contribution in [1.29, 1.82) is 0 Å². The summed E-state index contributed by atoms with van der Waals surface area (Å²) >= 11 is 0. The van der Waals surface area contributed by atoms with Crippen LogP contribution in [0.2, 0.25) is 0 Å². The summed E-state index contributed by atoms with van der Waals surface area (Å²) in [6, 6.07) is 23.1. The predicted molar refractivity (Wildman–Crippen MR) is 167 cm³/mol. The van der Waals surface area contributed by atoms with Gasteiger partial charge in [0.05, 0.1) is 6.54 Å². The first-order valence-electron chi connectivity index (χ1n) is 14.8. The number of aliphatic carboxylic acids is 1. The topological polar surface area (TPSA) is 105 Å². The third kappa shape index (κ3) is 7.87. The number of carbonyl (C=O) groups excluding carboxylic acids is 2. The first-order valence-corrected chi connectivity index (χ1v) is 14.8. The lowest BCUT2D eigenvalue weighted by Crippen LogP contribution is -2.56. The van der Waals surface area contributed by atoms with Gasteiger partial charge in [0.25, 0.3) is 0 Å². The summed E-state index contributed by atoms with van der Waals surface area (Å²) < 4.78 is 38.4. The van der Waals surface area contributed by atoms with Crippen molar-refractivity contribution >= 4 is 18.0 Å². The first kappa shape index (κ1) is 32.2. The van der Waals surface area contributed by atoms with E-state index in [9.17, 15) is 28.3 Å². The molecule has 4 aromatic rings. The van der Waals surface area contributed by atoms with Crippen LogP contribution in [0.25, 0.3) is 11.1 Å². The fraction of sp³-hybridized carbons (Fsp3) is 0.250. The van der Waals surface area contributed by atoms with Crippen LogP contribution in [-0.2, 0) is 33.7 Å². The van der Waals surface area contributed by atoms with Crippen LogP contribution in [-0.4, -0.2) is 45.7 Å². The molecular formula is C36H34F2N2O6. The molecule has 4 aromatic carbocycles. The number of carboxylic acid groups (broad SMARTS) is 1. The number of benzene rings is 4. The number of nitrogens with zero attached hydrogens (tertiary/aromatic N) is 1. The fourth-order valence-electron chi connectivity index (χ4n) is 5.21. The largest absolute Gasteiger partial charge is 0.480 e. The molecule has 10 heteroatoms. The monoisotopic (exact) mass is 628 g/mol. The Morgan fingerprint density at radius 1 is 0.870 bits per heavy atom. The molecule has 5 rings (SSSR count). The number of nitrogens with one attached hydrogen (secondary N) is 1. The van der Waals surface area contributed by atoms with E-state index in [-0.39, 0.29) is 25.1 Å². The maximum Gasteiger partial charge on any atom is 0.411 e. The van der Waals surface area contributed by atoms with Gasteiger partial charge in [-0.3, -0.25) is 9.69 Å². The Morgan fingerprint density at radius 2 is 1.52 bits per heavy atom. The van der Waals surface area contributed by atoms with Gasteiger partial charge in [-0.25, -0.2) is 18.4 Å². The Balaban J connectivity index is 1.35. The van der Waals surface area contributed by atoms with Crippen LogP contribution in [0.5, 0.6) is 11.5 Å². The summed E-state index contributed by atoms with van der Waals surface area (Å²) in [5, 5.41) is 12.6. The molecule has 0 saturated heterocycles. The van der Waals surface area contributed by atoms with Crippen molar-refractivity contribution in [2.45, 2.75) is 57.8 Å². The van der Waals surface area contributed by atoms with Crippen molar-refractivity contribution in [2.75, 3.05) is 0 Å².